The van der Waals surface area contributed by atoms with E-state index >= 15 is 0 Å². The molecule has 0 unspecified atom stereocenters. The fraction of sp³-hybridized carbons (Fsp3) is 0.435. The van der Waals surface area contributed by atoms with E-state index in [1.807, 2.05) is 37.4 Å². The Hall–Kier alpha value is -2.97. The predicted octanol–water partition coefficient (Wildman–Crippen LogP) is 3.48. The number of imidazole rings is 1. The van der Waals surface area contributed by atoms with Crippen molar-refractivity contribution in [1.29, 1.82) is 0 Å². The van der Waals surface area contributed by atoms with Gasteiger partial charge in [-0.05, 0) is 43.9 Å². The van der Waals surface area contributed by atoms with Gasteiger partial charge in [0.25, 0.3) is 5.69 Å². The van der Waals surface area contributed by atoms with Gasteiger partial charge >= 0.3 is 0 Å². The minimum atomic E-state index is -0.374. The SMILES string of the molecule is CCN(CC)CCn1c(Cc2ccc(OCCNC)cc2)nc2cc([N+](=O)[O-])ccc21. The fourth-order valence-electron chi connectivity index (χ4n) is 3.60. The number of fused-ring (bicyclic) bond motifs is 1. The molecule has 2 aromatic carbocycles. The first-order valence-electron chi connectivity index (χ1n) is 10.8. The van der Waals surface area contributed by atoms with Gasteiger partial charge in [0.2, 0.25) is 0 Å². The Morgan fingerprint density at radius 2 is 1.90 bits per heavy atom. The van der Waals surface area contributed by atoms with Crippen molar-refractivity contribution < 1.29 is 9.66 Å². The number of rotatable bonds is 12. The predicted molar refractivity (Wildman–Crippen MR) is 123 cm³/mol. The molecule has 1 N–H and O–H groups in total. The molecule has 8 heteroatoms. The van der Waals surface area contributed by atoms with Gasteiger partial charge in [-0.2, -0.15) is 0 Å². The van der Waals surface area contributed by atoms with Crippen LogP contribution in [0.15, 0.2) is 42.5 Å². The molecule has 0 amide bonds. The number of nitrogens with zero attached hydrogens (tertiary/aromatic N) is 4. The van der Waals surface area contributed by atoms with Crippen LogP contribution in [-0.4, -0.2) is 59.2 Å². The summed E-state index contributed by atoms with van der Waals surface area (Å²) in [6.07, 6.45) is 0.650. The quantitative estimate of drug-likeness (QED) is 0.272. The van der Waals surface area contributed by atoms with Gasteiger partial charge in [-0.25, -0.2) is 4.98 Å². The number of likely N-dealkylation sites (N-methyl/N-ethyl adjacent to an activating group) is 2. The molecule has 0 radical (unpaired) electrons. The largest absolute Gasteiger partial charge is 0.492 e. The van der Waals surface area contributed by atoms with Gasteiger partial charge in [0.15, 0.2) is 0 Å². The van der Waals surface area contributed by atoms with E-state index in [4.69, 9.17) is 9.72 Å². The van der Waals surface area contributed by atoms with Gasteiger partial charge in [-0.1, -0.05) is 26.0 Å². The lowest BCUT2D eigenvalue weighted by molar-refractivity contribution is -0.384. The van der Waals surface area contributed by atoms with E-state index in [1.54, 1.807) is 12.1 Å². The Kier molecular flexibility index (Phi) is 7.97. The third kappa shape index (κ3) is 5.80. The molecule has 0 saturated carbocycles. The molecule has 1 aromatic heterocycles. The van der Waals surface area contributed by atoms with E-state index in [0.29, 0.717) is 18.5 Å². The number of nitro benzene ring substituents is 1. The zero-order chi connectivity index (χ0) is 22.2. The summed E-state index contributed by atoms with van der Waals surface area (Å²) in [6, 6.07) is 13.0. The van der Waals surface area contributed by atoms with Gasteiger partial charge in [0.1, 0.15) is 18.2 Å². The molecule has 0 atom stereocenters. The summed E-state index contributed by atoms with van der Waals surface area (Å²) in [5, 5.41) is 14.3. The molecule has 0 saturated heterocycles. The first-order chi connectivity index (χ1) is 15.0. The maximum Gasteiger partial charge on any atom is 0.271 e. The van der Waals surface area contributed by atoms with Crippen molar-refractivity contribution in [3.05, 3.63) is 64.0 Å². The van der Waals surface area contributed by atoms with Crippen molar-refractivity contribution in [2.45, 2.75) is 26.8 Å². The Morgan fingerprint density at radius 3 is 2.55 bits per heavy atom. The topological polar surface area (TPSA) is 85.5 Å². The summed E-state index contributed by atoms with van der Waals surface area (Å²) in [5.41, 5.74) is 2.78. The summed E-state index contributed by atoms with van der Waals surface area (Å²) in [6.45, 7) is 9.38. The van der Waals surface area contributed by atoms with E-state index in [9.17, 15) is 10.1 Å². The van der Waals surface area contributed by atoms with Crippen molar-refractivity contribution in [2.24, 2.45) is 0 Å². The second-order valence-corrected chi connectivity index (χ2v) is 7.41. The molecule has 0 spiro atoms. The van der Waals surface area contributed by atoms with Gasteiger partial charge in [0, 0.05) is 38.2 Å². The number of nitrogens with one attached hydrogen (secondary N) is 1. The number of ether oxygens (including phenoxy) is 1. The van der Waals surface area contributed by atoms with E-state index in [2.05, 4.69) is 28.6 Å². The van der Waals surface area contributed by atoms with E-state index in [0.717, 1.165) is 55.4 Å². The summed E-state index contributed by atoms with van der Waals surface area (Å²) >= 11 is 0. The molecule has 3 rings (SSSR count). The van der Waals surface area contributed by atoms with Crippen LogP contribution >= 0.6 is 0 Å². The third-order valence-corrected chi connectivity index (χ3v) is 5.46. The number of hydrogen-bond acceptors (Lipinski definition) is 6. The smallest absolute Gasteiger partial charge is 0.271 e. The normalized spacial score (nSPS) is 11.4. The molecule has 0 aliphatic rings. The van der Waals surface area contributed by atoms with Crippen LogP contribution in [0.1, 0.15) is 25.2 Å². The second-order valence-electron chi connectivity index (χ2n) is 7.41. The van der Waals surface area contributed by atoms with Crippen molar-refractivity contribution in [3.8, 4) is 5.75 Å². The lowest BCUT2D eigenvalue weighted by Gasteiger charge is -2.19. The van der Waals surface area contributed by atoms with E-state index in [-0.39, 0.29) is 10.6 Å². The summed E-state index contributed by atoms with van der Waals surface area (Å²) in [7, 11) is 1.90. The first kappa shape index (κ1) is 22.7. The lowest BCUT2D eigenvalue weighted by atomic mass is 10.1. The molecule has 31 heavy (non-hydrogen) atoms. The highest BCUT2D eigenvalue weighted by atomic mass is 16.6. The van der Waals surface area contributed by atoms with Gasteiger partial charge < -0.3 is 19.5 Å². The van der Waals surface area contributed by atoms with Crippen molar-refractivity contribution in [3.63, 3.8) is 0 Å². The van der Waals surface area contributed by atoms with Crippen LogP contribution in [0.5, 0.6) is 5.75 Å². The average molecular weight is 426 g/mol. The summed E-state index contributed by atoms with van der Waals surface area (Å²) < 4.78 is 7.89. The Labute approximate surface area is 183 Å². The number of non-ortho nitro benzene ring substituents is 1. The molecule has 0 aliphatic heterocycles. The molecular formula is C23H31N5O3. The van der Waals surface area contributed by atoms with E-state index < -0.39 is 0 Å². The molecular weight excluding hydrogens is 394 g/mol. The molecule has 0 bridgehead atoms. The molecule has 166 valence electrons. The summed E-state index contributed by atoms with van der Waals surface area (Å²) in [5.74, 6) is 1.75. The molecule has 1 heterocycles. The fourth-order valence-corrected chi connectivity index (χ4v) is 3.60. The monoisotopic (exact) mass is 425 g/mol. The molecule has 0 fully saturated rings. The van der Waals surface area contributed by atoms with Crippen LogP contribution < -0.4 is 10.1 Å². The van der Waals surface area contributed by atoms with Crippen molar-refractivity contribution in [2.75, 3.05) is 39.8 Å². The van der Waals surface area contributed by atoms with Gasteiger partial charge in [-0.15, -0.1) is 0 Å². The van der Waals surface area contributed by atoms with Crippen LogP contribution in [0.4, 0.5) is 5.69 Å². The van der Waals surface area contributed by atoms with Crippen molar-refractivity contribution >= 4 is 16.7 Å². The maximum atomic E-state index is 11.2. The molecule has 0 aliphatic carbocycles. The Bertz CT molecular complexity index is 996. The molecule has 3 aromatic rings. The number of hydrogen-bond donors (Lipinski definition) is 1. The van der Waals surface area contributed by atoms with Crippen LogP contribution in [0.25, 0.3) is 11.0 Å². The highest BCUT2D eigenvalue weighted by molar-refractivity contribution is 5.78. The zero-order valence-electron chi connectivity index (χ0n) is 18.5. The average Bonchev–Trinajstić information content (AvgIpc) is 3.12. The Morgan fingerprint density at radius 1 is 1.16 bits per heavy atom. The molecule has 8 nitrogen and oxygen atoms in total. The minimum absolute atomic E-state index is 0.0653. The third-order valence-electron chi connectivity index (χ3n) is 5.46. The first-order valence-corrected chi connectivity index (χ1v) is 10.8. The van der Waals surface area contributed by atoms with Crippen LogP contribution in [0.3, 0.4) is 0 Å². The standard InChI is InChI=1S/C23H31N5O3/c1-4-26(5-2)13-14-27-22-11-8-19(28(29)30)17-21(22)25-23(27)16-18-6-9-20(10-7-18)31-15-12-24-3/h6-11,17,24H,4-5,12-16H2,1-3H3. The van der Waals surface area contributed by atoms with Crippen LogP contribution in [-0.2, 0) is 13.0 Å². The van der Waals surface area contributed by atoms with Crippen LogP contribution in [0.2, 0.25) is 0 Å². The second kappa shape index (κ2) is 10.9. The maximum absolute atomic E-state index is 11.2. The van der Waals surface area contributed by atoms with Crippen molar-refractivity contribution in [1.82, 2.24) is 19.8 Å². The highest BCUT2D eigenvalue weighted by Crippen LogP contribution is 2.24. The highest BCUT2D eigenvalue weighted by Gasteiger charge is 2.16. The number of nitro groups is 1. The van der Waals surface area contributed by atoms with Gasteiger partial charge in [-0.3, -0.25) is 10.1 Å². The number of aromatic nitrogens is 2. The number of benzene rings is 2. The minimum Gasteiger partial charge on any atom is -0.492 e. The Balaban J connectivity index is 1.86. The van der Waals surface area contributed by atoms with E-state index in [1.165, 1.54) is 0 Å². The zero-order valence-corrected chi connectivity index (χ0v) is 18.5. The van der Waals surface area contributed by atoms with Gasteiger partial charge in [0.05, 0.1) is 16.0 Å². The lowest BCUT2D eigenvalue weighted by Crippen LogP contribution is -2.27. The summed E-state index contributed by atoms with van der Waals surface area (Å²) in [4.78, 5) is 17.9. The van der Waals surface area contributed by atoms with Crippen LogP contribution in [0, 0.1) is 10.1 Å².